The minimum absolute atomic E-state index is 0.146. The third-order valence-electron chi connectivity index (χ3n) is 2.71. The van der Waals surface area contributed by atoms with E-state index in [9.17, 15) is 13.6 Å². The number of aromatic nitrogens is 1. The van der Waals surface area contributed by atoms with Crippen molar-refractivity contribution in [1.82, 2.24) is 9.88 Å². The summed E-state index contributed by atoms with van der Waals surface area (Å²) in [5.41, 5.74) is -0.286. The van der Waals surface area contributed by atoms with E-state index in [1.54, 1.807) is 6.92 Å². The summed E-state index contributed by atoms with van der Waals surface area (Å²) in [6, 6.07) is 1.04. The Balaban J connectivity index is 2.27. The fourth-order valence-electron chi connectivity index (χ4n) is 1.77. The fourth-order valence-corrected chi connectivity index (χ4v) is 1.77. The maximum atomic E-state index is 13.4. The first-order chi connectivity index (χ1) is 8.11. The highest BCUT2D eigenvalue weighted by atomic mass is 19.2. The quantitative estimate of drug-likeness (QED) is 0.695. The molecule has 0 radical (unpaired) electrons. The Labute approximate surface area is 97.2 Å². The Morgan fingerprint density at radius 3 is 3.06 bits per heavy atom. The van der Waals surface area contributed by atoms with Crippen LogP contribution in [-0.4, -0.2) is 41.6 Å². The first kappa shape index (κ1) is 11.9. The van der Waals surface area contributed by atoms with Crippen LogP contribution in [0.1, 0.15) is 17.3 Å². The van der Waals surface area contributed by atoms with Crippen LogP contribution in [-0.2, 0) is 4.74 Å². The standard InChI is InChI=1S/C11H12F2N2O2/c1-7-6-17-5-4-15(7)11(16)8-2-3-14-10(13)9(8)12/h2-3,7H,4-6H2,1H3. The zero-order chi connectivity index (χ0) is 12.4. The minimum atomic E-state index is -1.25. The third kappa shape index (κ3) is 2.26. The molecule has 1 unspecified atom stereocenters. The molecule has 2 rings (SSSR count). The molecule has 0 bridgehead atoms. The normalized spacial score (nSPS) is 20.4. The molecule has 0 saturated carbocycles. The van der Waals surface area contributed by atoms with Crippen LogP contribution in [0.3, 0.4) is 0 Å². The molecule has 6 heteroatoms. The van der Waals surface area contributed by atoms with Crippen molar-refractivity contribution in [3.63, 3.8) is 0 Å². The molecule has 92 valence electrons. The predicted molar refractivity (Wildman–Crippen MR) is 55.5 cm³/mol. The van der Waals surface area contributed by atoms with E-state index >= 15 is 0 Å². The highest BCUT2D eigenvalue weighted by Gasteiger charge is 2.27. The van der Waals surface area contributed by atoms with Gasteiger partial charge in [-0.05, 0) is 13.0 Å². The summed E-state index contributed by atoms with van der Waals surface area (Å²) in [6.07, 6.45) is 1.08. The SMILES string of the molecule is CC1COCCN1C(=O)c1ccnc(F)c1F. The summed E-state index contributed by atoms with van der Waals surface area (Å²) >= 11 is 0. The molecule has 1 saturated heterocycles. The topological polar surface area (TPSA) is 42.4 Å². The molecular weight excluding hydrogens is 230 g/mol. The van der Waals surface area contributed by atoms with Crippen molar-refractivity contribution in [3.05, 3.63) is 29.6 Å². The Hall–Kier alpha value is -1.56. The molecule has 17 heavy (non-hydrogen) atoms. The lowest BCUT2D eigenvalue weighted by Gasteiger charge is -2.33. The van der Waals surface area contributed by atoms with Gasteiger partial charge in [0.2, 0.25) is 5.95 Å². The molecule has 0 N–H and O–H groups in total. The molecule has 1 fully saturated rings. The van der Waals surface area contributed by atoms with Crippen LogP contribution < -0.4 is 0 Å². The summed E-state index contributed by atoms with van der Waals surface area (Å²) in [7, 11) is 0. The lowest BCUT2D eigenvalue weighted by atomic mass is 10.1. The maximum Gasteiger partial charge on any atom is 0.257 e. The number of morpholine rings is 1. The van der Waals surface area contributed by atoms with E-state index in [0.29, 0.717) is 19.8 Å². The summed E-state index contributed by atoms with van der Waals surface area (Å²) in [4.78, 5) is 16.6. The summed E-state index contributed by atoms with van der Waals surface area (Å²) in [6.45, 7) is 2.99. The Bertz CT molecular complexity index is 439. The van der Waals surface area contributed by atoms with E-state index in [1.165, 1.54) is 11.0 Å². The number of hydrogen-bond acceptors (Lipinski definition) is 3. The number of rotatable bonds is 1. The minimum Gasteiger partial charge on any atom is -0.377 e. The van der Waals surface area contributed by atoms with Crippen LogP contribution in [0.25, 0.3) is 0 Å². The van der Waals surface area contributed by atoms with E-state index in [4.69, 9.17) is 4.74 Å². The van der Waals surface area contributed by atoms with Gasteiger partial charge in [0.25, 0.3) is 5.91 Å². The van der Waals surface area contributed by atoms with Gasteiger partial charge in [0.15, 0.2) is 5.82 Å². The van der Waals surface area contributed by atoms with Gasteiger partial charge in [-0.2, -0.15) is 4.39 Å². The van der Waals surface area contributed by atoms with Gasteiger partial charge in [0.1, 0.15) is 0 Å². The van der Waals surface area contributed by atoms with Crippen molar-refractivity contribution in [1.29, 1.82) is 0 Å². The van der Waals surface area contributed by atoms with Crippen molar-refractivity contribution in [2.24, 2.45) is 0 Å². The largest absolute Gasteiger partial charge is 0.377 e. The monoisotopic (exact) mass is 242 g/mol. The van der Waals surface area contributed by atoms with Gasteiger partial charge in [0, 0.05) is 12.7 Å². The second-order valence-electron chi connectivity index (χ2n) is 3.89. The van der Waals surface area contributed by atoms with Gasteiger partial charge >= 0.3 is 0 Å². The number of carbonyl (C=O) groups is 1. The zero-order valence-corrected chi connectivity index (χ0v) is 9.32. The number of carbonyl (C=O) groups excluding carboxylic acids is 1. The van der Waals surface area contributed by atoms with E-state index < -0.39 is 17.7 Å². The van der Waals surface area contributed by atoms with E-state index in [0.717, 1.165) is 6.20 Å². The molecule has 1 amide bonds. The van der Waals surface area contributed by atoms with Gasteiger partial charge in [-0.15, -0.1) is 0 Å². The molecule has 1 aliphatic rings. The van der Waals surface area contributed by atoms with Crippen LogP contribution in [0.5, 0.6) is 0 Å². The lowest BCUT2D eigenvalue weighted by Crippen LogP contribution is -2.47. The van der Waals surface area contributed by atoms with Crippen molar-refractivity contribution >= 4 is 5.91 Å². The lowest BCUT2D eigenvalue weighted by molar-refractivity contribution is 0.00328. The van der Waals surface area contributed by atoms with Crippen LogP contribution in [0.4, 0.5) is 8.78 Å². The molecule has 1 aliphatic heterocycles. The second kappa shape index (κ2) is 4.75. The van der Waals surface area contributed by atoms with Crippen molar-refractivity contribution in [2.75, 3.05) is 19.8 Å². The maximum absolute atomic E-state index is 13.4. The molecule has 1 aromatic heterocycles. The molecular formula is C11H12F2N2O2. The van der Waals surface area contributed by atoms with E-state index in [2.05, 4.69) is 4.98 Å². The Morgan fingerprint density at radius 1 is 1.59 bits per heavy atom. The number of hydrogen-bond donors (Lipinski definition) is 0. The van der Waals surface area contributed by atoms with Crippen LogP contribution in [0.2, 0.25) is 0 Å². The predicted octanol–water partition coefficient (Wildman–Crippen LogP) is 1.22. The number of halogens is 2. The second-order valence-corrected chi connectivity index (χ2v) is 3.89. The summed E-state index contributed by atoms with van der Waals surface area (Å²) in [5.74, 6) is -2.98. The number of ether oxygens (including phenoxy) is 1. The summed E-state index contributed by atoms with van der Waals surface area (Å²) in [5, 5.41) is 0. The zero-order valence-electron chi connectivity index (χ0n) is 9.32. The van der Waals surface area contributed by atoms with Crippen molar-refractivity contribution in [3.8, 4) is 0 Å². The molecule has 4 nitrogen and oxygen atoms in total. The van der Waals surface area contributed by atoms with Gasteiger partial charge in [0.05, 0.1) is 24.8 Å². The Kier molecular flexibility index (Phi) is 3.33. The average molecular weight is 242 g/mol. The summed E-state index contributed by atoms with van der Waals surface area (Å²) < 4.78 is 31.5. The molecule has 1 atom stereocenters. The molecule has 0 aliphatic carbocycles. The smallest absolute Gasteiger partial charge is 0.257 e. The Morgan fingerprint density at radius 2 is 2.35 bits per heavy atom. The molecule has 1 aromatic rings. The van der Waals surface area contributed by atoms with Crippen molar-refractivity contribution < 1.29 is 18.3 Å². The van der Waals surface area contributed by atoms with Crippen LogP contribution in [0.15, 0.2) is 12.3 Å². The first-order valence-corrected chi connectivity index (χ1v) is 5.30. The highest BCUT2D eigenvalue weighted by Crippen LogP contribution is 2.15. The number of amides is 1. The number of pyridine rings is 1. The fraction of sp³-hybridized carbons (Fsp3) is 0.455. The first-order valence-electron chi connectivity index (χ1n) is 5.30. The van der Waals surface area contributed by atoms with Gasteiger partial charge in [-0.3, -0.25) is 4.79 Å². The highest BCUT2D eigenvalue weighted by molar-refractivity contribution is 5.94. The van der Waals surface area contributed by atoms with Gasteiger partial charge in [-0.25, -0.2) is 9.37 Å². The van der Waals surface area contributed by atoms with Gasteiger partial charge < -0.3 is 9.64 Å². The number of nitrogens with zero attached hydrogens (tertiary/aromatic N) is 2. The molecule has 0 spiro atoms. The van der Waals surface area contributed by atoms with Crippen LogP contribution in [0, 0.1) is 11.8 Å². The van der Waals surface area contributed by atoms with E-state index in [1.807, 2.05) is 0 Å². The third-order valence-corrected chi connectivity index (χ3v) is 2.71. The average Bonchev–Trinajstić information content (AvgIpc) is 2.32. The van der Waals surface area contributed by atoms with Gasteiger partial charge in [-0.1, -0.05) is 0 Å². The van der Waals surface area contributed by atoms with Crippen molar-refractivity contribution in [2.45, 2.75) is 13.0 Å². The van der Waals surface area contributed by atoms with Crippen LogP contribution >= 0.6 is 0 Å². The van der Waals surface area contributed by atoms with E-state index in [-0.39, 0.29) is 11.6 Å². The molecule has 2 heterocycles. The molecule has 0 aromatic carbocycles.